The Morgan fingerprint density at radius 1 is 1.47 bits per heavy atom. The Bertz CT molecular complexity index is 497. The van der Waals surface area contributed by atoms with Crippen molar-refractivity contribution in [2.75, 3.05) is 13.2 Å². The Hall–Kier alpha value is -2.63. The van der Waals surface area contributed by atoms with Crippen molar-refractivity contribution in [3.8, 4) is 0 Å². The summed E-state index contributed by atoms with van der Waals surface area (Å²) < 4.78 is 4.70. The number of nitrogens with zero attached hydrogens (tertiary/aromatic N) is 1. The van der Waals surface area contributed by atoms with Crippen molar-refractivity contribution in [1.82, 2.24) is 10.3 Å². The Morgan fingerprint density at radius 2 is 2.26 bits per heavy atom. The largest absolute Gasteiger partial charge is 0.478 e. The van der Waals surface area contributed by atoms with Crippen LogP contribution in [0.25, 0.3) is 6.08 Å². The first-order chi connectivity index (χ1) is 9.13. The first kappa shape index (κ1) is 14.4. The summed E-state index contributed by atoms with van der Waals surface area (Å²) in [5.41, 5.74) is 0.752. The van der Waals surface area contributed by atoms with E-state index in [9.17, 15) is 9.59 Å². The molecule has 100 valence electrons. The van der Waals surface area contributed by atoms with Crippen LogP contribution in [0.4, 0.5) is 4.79 Å². The first-order valence-corrected chi connectivity index (χ1v) is 5.50. The van der Waals surface area contributed by atoms with E-state index in [2.05, 4.69) is 16.9 Å². The Morgan fingerprint density at radius 3 is 2.95 bits per heavy atom. The summed E-state index contributed by atoms with van der Waals surface area (Å²) >= 11 is 0. The second-order valence-electron chi connectivity index (χ2n) is 3.48. The van der Waals surface area contributed by atoms with Gasteiger partial charge in [0, 0.05) is 18.9 Å². The lowest BCUT2D eigenvalue weighted by atomic mass is 10.2. The Kier molecular flexibility index (Phi) is 5.81. The van der Waals surface area contributed by atoms with Gasteiger partial charge < -0.3 is 15.2 Å². The molecule has 1 heterocycles. The molecule has 0 aliphatic rings. The number of nitrogens with one attached hydrogen (secondary N) is 1. The molecular formula is C13H14N2O4. The van der Waals surface area contributed by atoms with Crippen LogP contribution < -0.4 is 5.32 Å². The van der Waals surface area contributed by atoms with E-state index in [1.165, 1.54) is 24.5 Å². The van der Waals surface area contributed by atoms with Crippen LogP contribution >= 0.6 is 0 Å². The normalized spacial score (nSPS) is 10.1. The van der Waals surface area contributed by atoms with E-state index in [0.717, 1.165) is 0 Å². The molecule has 1 rings (SSSR count). The van der Waals surface area contributed by atoms with Crippen molar-refractivity contribution < 1.29 is 19.4 Å². The van der Waals surface area contributed by atoms with E-state index >= 15 is 0 Å². The number of hydrogen-bond acceptors (Lipinski definition) is 4. The average Bonchev–Trinajstić information content (AvgIpc) is 2.41. The van der Waals surface area contributed by atoms with Gasteiger partial charge in [-0.25, -0.2) is 9.59 Å². The monoisotopic (exact) mass is 262 g/mol. The van der Waals surface area contributed by atoms with Crippen LogP contribution in [-0.4, -0.2) is 35.3 Å². The molecule has 1 aromatic rings. The number of pyridine rings is 1. The van der Waals surface area contributed by atoms with Crippen molar-refractivity contribution in [3.05, 3.63) is 48.3 Å². The number of rotatable bonds is 6. The van der Waals surface area contributed by atoms with Crippen LogP contribution in [0.3, 0.4) is 0 Å². The number of aromatic carboxylic acids is 1. The van der Waals surface area contributed by atoms with Crippen molar-refractivity contribution in [2.24, 2.45) is 0 Å². The van der Waals surface area contributed by atoms with Crippen molar-refractivity contribution >= 4 is 18.1 Å². The van der Waals surface area contributed by atoms with Crippen LogP contribution in [0.1, 0.15) is 15.9 Å². The van der Waals surface area contributed by atoms with Crippen LogP contribution in [0.2, 0.25) is 0 Å². The van der Waals surface area contributed by atoms with Gasteiger partial charge in [0.15, 0.2) is 0 Å². The lowest BCUT2D eigenvalue weighted by Crippen LogP contribution is -2.24. The van der Waals surface area contributed by atoms with Gasteiger partial charge in [-0.3, -0.25) is 4.98 Å². The number of carbonyl (C=O) groups is 2. The summed E-state index contributed by atoms with van der Waals surface area (Å²) in [5, 5.41) is 11.3. The summed E-state index contributed by atoms with van der Waals surface area (Å²) in [6.07, 6.45) is 7.05. The number of alkyl carbamates (subject to hydrolysis) is 1. The van der Waals surface area contributed by atoms with E-state index in [-0.39, 0.29) is 18.7 Å². The highest BCUT2D eigenvalue weighted by atomic mass is 16.5. The number of carboxylic acids is 1. The SMILES string of the molecule is C=CCOC(=O)NC/C=C/c1cncc(C(=O)O)c1. The van der Waals surface area contributed by atoms with Gasteiger partial charge in [0.2, 0.25) is 0 Å². The molecule has 0 unspecified atom stereocenters. The van der Waals surface area contributed by atoms with Gasteiger partial charge in [0.1, 0.15) is 6.61 Å². The van der Waals surface area contributed by atoms with E-state index in [4.69, 9.17) is 9.84 Å². The average molecular weight is 262 g/mol. The number of aromatic nitrogens is 1. The molecule has 0 aromatic carbocycles. The van der Waals surface area contributed by atoms with Gasteiger partial charge in [-0.1, -0.05) is 24.8 Å². The van der Waals surface area contributed by atoms with Gasteiger partial charge >= 0.3 is 12.1 Å². The molecule has 19 heavy (non-hydrogen) atoms. The molecule has 6 nitrogen and oxygen atoms in total. The lowest BCUT2D eigenvalue weighted by Gasteiger charge is -2.01. The summed E-state index contributed by atoms with van der Waals surface area (Å²) in [6, 6.07) is 1.49. The molecule has 2 N–H and O–H groups in total. The van der Waals surface area contributed by atoms with Gasteiger partial charge in [0.05, 0.1) is 5.56 Å². The lowest BCUT2D eigenvalue weighted by molar-refractivity contribution is 0.0696. The van der Waals surface area contributed by atoms with Crippen molar-refractivity contribution in [3.63, 3.8) is 0 Å². The zero-order valence-electron chi connectivity index (χ0n) is 10.2. The third-order valence-electron chi connectivity index (χ3n) is 2.01. The first-order valence-electron chi connectivity index (χ1n) is 5.50. The topological polar surface area (TPSA) is 88.5 Å². The maximum absolute atomic E-state index is 11.1. The number of carbonyl (C=O) groups excluding carboxylic acids is 1. The van der Waals surface area contributed by atoms with Gasteiger partial charge in [-0.05, 0) is 11.6 Å². The minimum absolute atomic E-state index is 0.112. The van der Waals surface area contributed by atoms with Crippen molar-refractivity contribution in [2.45, 2.75) is 0 Å². The van der Waals surface area contributed by atoms with Crippen molar-refractivity contribution in [1.29, 1.82) is 0 Å². The zero-order valence-corrected chi connectivity index (χ0v) is 10.2. The number of carboxylic acid groups (broad SMARTS) is 1. The quantitative estimate of drug-likeness (QED) is 0.762. The molecular weight excluding hydrogens is 248 g/mol. The van der Waals surface area contributed by atoms with Crippen LogP contribution in [-0.2, 0) is 4.74 Å². The number of amides is 1. The van der Waals surface area contributed by atoms with E-state index in [1.54, 1.807) is 12.2 Å². The molecule has 0 fully saturated rings. The summed E-state index contributed by atoms with van der Waals surface area (Å²) in [4.78, 5) is 25.6. The van der Waals surface area contributed by atoms with E-state index < -0.39 is 12.1 Å². The molecule has 0 saturated heterocycles. The van der Waals surface area contributed by atoms with Crippen LogP contribution in [0, 0.1) is 0 Å². The molecule has 0 aliphatic heterocycles. The third-order valence-corrected chi connectivity index (χ3v) is 2.01. The second-order valence-corrected chi connectivity index (χ2v) is 3.48. The fourth-order valence-electron chi connectivity index (χ4n) is 1.19. The highest BCUT2D eigenvalue weighted by molar-refractivity contribution is 5.87. The van der Waals surface area contributed by atoms with E-state index in [0.29, 0.717) is 5.56 Å². The van der Waals surface area contributed by atoms with Crippen LogP contribution in [0.5, 0.6) is 0 Å². The molecule has 1 aromatic heterocycles. The molecule has 0 atom stereocenters. The van der Waals surface area contributed by atoms with E-state index in [1.807, 2.05) is 0 Å². The zero-order chi connectivity index (χ0) is 14.1. The fourth-order valence-corrected chi connectivity index (χ4v) is 1.19. The minimum Gasteiger partial charge on any atom is -0.478 e. The summed E-state index contributed by atoms with van der Waals surface area (Å²) in [6.45, 7) is 3.84. The maximum atomic E-state index is 11.1. The number of hydrogen-bond donors (Lipinski definition) is 2. The predicted molar refractivity (Wildman–Crippen MR) is 69.8 cm³/mol. The molecule has 0 bridgehead atoms. The molecule has 0 saturated carbocycles. The standard InChI is InChI=1S/C13H14N2O4/c1-2-6-19-13(18)15-5-3-4-10-7-11(12(16)17)9-14-8-10/h2-4,7-9H,1,5-6H2,(H,15,18)(H,16,17)/b4-3+. The number of ether oxygens (including phenoxy) is 1. The molecule has 0 spiro atoms. The Balaban J connectivity index is 2.44. The van der Waals surface area contributed by atoms with Gasteiger partial charge in [-0.15, -0.1) is 0 Å². The van der Waals surface area contributed by atoms with Gasteiger partial charge in [-0.2, -0.15) is 0 Å². The molecule has 0 radical (unpaired) electrons. The predicted octanol–water partition coefficient (Wildman–Crippen LogP) is 1.71. The molecule has 6 heteroatoms. The van der Waals surface area contributed by atoms with Crippen LogP contribution in [0.15, 0.2) is 37.2 Å². The highest BCUT2D eigenvalue weighted by Gasteiger charge is 2.02. The molecule has 1 amide bonds. The minimum atomic E-state index is -1.03. The smallest absolute Gasteiger partial charge is 0.407 e. The third kappa shape index (κ3) is 5.49. The maximum Gasteiger partial charge on any atom is 0.407 e. The van der Waals surface area contributed by atoms with Gasteiger partial charge in [0.25, 0.3) is 0 Å². The summed E-state index contributed by atoms with van der Waals surface area (Å²) in [7, 11) is 0. The highest BCUT2D eigenvalue weighted by Crippen LogP contribution is 2.04. The fraction of sp³-hybridized carbons (Fsp3) is 0.154. The molecule has 0 aliphatic carbocycles. The Labute approximate surface area is 110 Å². The summed E-state index contributed by atoms with van der Waals surface area (Å²) in [5.74, 6) is -1.03. The second kappa shape index (κ2) is 7.65.